The monoisotopic (exact) mass is 374 g/mol. The van der Waals surface area contributed by atoms with E-state index in [0.29, 0.717) is 18.5 Å². The van der Waals surface area contributed by atoms with Gasteiger partial charge in [0.15, 0.2) is 5.78 Å². The highest BCUT2D eigenvalue weighted by Crippen LogP contribution is 2.28. The van der Waals surface area contributed by atoms with Gasteiger partial charge in [-0.05, 0) is 52.6 Å². The topological polar surface area (TPSA) is 52.1 Å². The summed E-state index contributed by atoms with van der Waals surface area (Å²) in [5.41, 5.74) is 4.35. The summed E-state index contributed by atoms with van der Waals surface area (Å²) in [4.78, 5) is 21.7. The number of rotatable bonds is 6. The lowest BCUT2D eigenvalue weighted by Crippen LogP contribution is -2.05. The second-order valence-corrected chi connectivity index (χ2v) is 6.98. The van der Waals surface area contributed by atoms with E-state index in [9.17, 15) is 4.79 Å². The molecule has 1 aromatic carbocycles. The van der Waals surface area contributed by atoms with E-state index in [-0.39, 0.29) is 5.78 Å². The van der Waals surface area contributed by atoms with E-state index in [4.69, 9.17) is 4.74 Å². The zero-order valence-electron chi connectivity index (χ0n) is 14.9. The van der Waals surface area contributed by atoms with Crippen LogP contribution in [0.15, 0.2) is 65.6 Å². The van der Waals surface area contributed by atoms with Gasteiger partial charge < -0.3 is 4.74 Å². The second kappa shape index (κ2) is 7.68. The molecule has 0 amide bonds. The first-order valence-corrected chi connectivity index (χ1v) is 9.63. The van der Waals surface area contributed by atoms with Crippen molar-refractivity contribution in [1.29, 1.82) is 0 Å². The highest BCUT2D eigenvalue weighted by Gasteiger charge is 2.13. The molecule has 3 aromatic heterocycles. The molecule has 3 heterocycles. The van der Waals surface area contributed by atoms with Crippen molar-refractivity contribution in [2.24, 2.45) is 0 Å². The first-order chi connectivity index (χ1) is 13.3. The Balaban J connectivity index is 1.62. The van der Waals surface area contributed by atoms with Crippen LogP contribution in [-0.2, 0) is 6.42 Å². The third-order valence-corrected chi connectivity index (χ3v) is 5.21. The molecule has 4 aromatic rings. The van der Waals surface area contributed by atoms with Crippen LogP contribution in [-0.4, -0.2) is 22.9 Å². The third-order valence-electron chi connectivity index (χ3n) is 4.53. The molecule has 134 valence electrons. The van der Waals surface area contributed by atoms with Crippen molar-refractivity contribution >= 4 is 28.0 Å². The van der Waals surface area contributed by atoms with Crippen molar-refractivity contribution in [2.45, 2.75) is 12.8 Å². The number of aryl methyl sites for hydroxylation is 1. The number of pyridine rings is 2. The summed E-state index contributed by atoms with van der Waals surface area (Å²) < 4.78 is 5.37. The molecule has 0 atom stereocenters. The molecule has 0 aliphatic heterocycles. The molecule has 27 heavy (non-hydrogen) atoms. The fraction of sp³-hybridized carbons (Fsp3) is 0.136. The van der Waals surface area contributed by atoms with Gasteiger partial charge in [0.05, 0.1) is 12.6 Å². The minimum absolute atomic E-state index is 0.0240. The number of para-hydroxylation sites is 1. The lowest BCUT2D eigenvalue weighted by molar-refractivity contribution is 0.0978. The Morgan fingerprint density at radius 1 is 1.11 bits per heavy atom. The van der Waals surface area contributed by atoms with E-state index in [1.165, 1.54) is 0 Å². The molecule has 4 rings (SSSR count). The molecule has 0 aliphatic rings. The first-order valence-electron chi connectivity index (χ1n) is 8.68. The smallest absolute Gasteiger partial charge is 0.181 e. The Morgan fingerprint density at radius 3 is 2.81 bits per heavy atom. The van der Waals surface area contributed by atoms with Gasteiger partial charge in [-0.25, -0.2) is 4.98 Å². The number of nitrogens with zero attached hydrogens (tertiary/aromatic N) is 2. The number of methoxy groups -OCH3 is 1. The van der Waals surface area contributed by atoms with Crippen molar-refractivity contribution < 1.29 is 9.53 Å². The maximum absolute atomic E-state index is 12.7. The molecule has 5 heteroatoms. The Bertz CT molecular complexity index is 1090. The molecule has 0 saturated carbocycles. The summed E-state index contributed by atoms with van der Waals surface area (Å²) in [5.74, 6) is 0.832. The summed E-state index contributed by atoms with van der Waals surface area (Å²) in [7, 11) is 1.64. The van der Waals surface area contributed by atoms with Gasteiger partial charge in [0.1, 0.15) is 11.4 Å². The van der Waals surface area contributed by atoms with Gasteiger partial charge in [-0.1, -0.05) is 18.2 Å². The average Bonchev–Trinajstić information content (AvgIpc) is 3.26. The number of carbonyl (C=O) groups excluding carboxylic acids is 1. The van der Waals surface area contributed by atoms with E-state index in [0.717, 1.165) is 33.3 Å². The van der Waals surface area contributed by atoms with Crippen LogP contribution in [0.4, 0.5) is 0 Å². The molecular weight excluding hydrogens is 356 g/mol. The van der Waals surface area contributed by atoms with Crippen LogP contribution in [0.2, 0.25) is 0 Å². The predicted octanol–water partition coefficient (Wildman–Crippen LogP) is 5.18. The Labute approximate surface area is 161 Å². The summed E-state index contributed by atoms with van der Waals surface area (Å²) >= 11 is 1.63. The minimum Gasteiger partial charge on any atom is -0.496 e. The molecule has 0 bridgehead atoms. The fourth-order valence-corrected chi connectivity index (χ4v) is 3.77. The molecule has 0 N–H and O–H groups in total. The Hall–Kier alpha value is -3.05. The quantitative estimate of drug-likeness (QED) is 0.436. The van der Waals surface area contributed by atoms with E-state index in [2.05, 4.69) is 15.3 Å². The standard InChI is InChI=1S/C22H18N2O2S/c1-26-21-5-3-2-4-15(21)7-9-20(25)19-8-6-16-12-23-13-18(22(16)24-19)17-10-11-27-14-17/h2-6,8,10-14H,7,9H2,1H3. The number of thiophene rings is 1. The Kier molecular flexibility index (Phi) is 4.94. The number of benzene rings is 1. The SMILES string of the molecule is COc1ccccc1CCC(=O)c1ccc2cncc(-c3ccsc3)c2n1. The van der Waals surface area contributed by atoms with Crippen LogP contribution in [0.25, 0.3) is 22.0 Å². The maximum atomic E-state index is 12.7. The summed E-state index contributed by atoms with van der Waals surface area (Å²) in [5, 5.41) is 5.02. The van der Waals surface area contributed by atoms with Gasteiger partial charge >= 0.3 is 0 Å². The van der Waals surface area contributed by atoms with E-state index < -0.39 is 0 Å². The normalized spacial score (nSPS) is 10.9. The zero-order valence-corrected chi connectivity index (χ0v) is 15.7. The number of aromatic nitrogens is 2. The number of Topliss-reactive ketones (excluding diaryl/α,β-unsaturated/α-hetero) is 1. The number of hydrogen-bond donors (Lipinski definition) is 0. The highest BCUT2D eigenvalue weighted by molar-refractivity contribution is 7.08. The number of carbonyl (C=O) groups is 1. The first kappa shape index (κ1) is 17.4. The molecule has 0 aliphatic carbocycles. The molecule has 0 unspecified atom stereocenters. The van der Waals surface area contributed by atoms with Crippen molar-refractivity contribution in [1.82, 2.24) is 9.97 Å². The lowest BCUT2D eigenvalue weighted by Gasteiger charge is -2.08. The molecule has 0 fully saturated rings. The van der Waals surface area contributed by atoms with Crippen LogP contribution < -0.4 is 4.74 Å². The third kappa shape index (κ3) is 3.59. The zero-order chi connectivity index (χ0) is 18.6. The average molecular weight is 374 g/mol. The van der Waals surface area contributed by atoms with Gasteiger partial charge in [0.2, 0.25) is 0 Å². The van der Waals surface area contributed by atoms with E-state index >= 15 is 0 Å². The van der Waals surface area contributed by atoms with Crippen molar-refractivity contribution in [3.63, 3.8) is 0 Å². The minimum atomic E-state index is 0.0240. The van der Waals surface area contributed by atoms with Gasteiger partial charge in [-0.2, -0.15) is 11.3 Å². The number of fused-ring (bicyclic) bond motifs is 1. The number of ether oxygens (including phenoxy) is 1. The predicted molar refractivity (Wildman–Crippen MR) is 108 cm³/mol. The highest BCUT2D eigenvalue weighted by atomic mass is 32.1. The van der Waals surface area contributed by atoms with Crippen LogP contribution >= 0.6 is 11.3 Å². The summed E-state index contributed by atoms with van der Waals surface area (Å²) in [6.45, 7) is 0. The van der Waals surface area contributed by atoms with Crippen LogP contribution in [0, 0.1) is 0 Å². The van der Waals surface area contributed by atoms with Gasteiger partial charge in [-0.15, -0.1) is 0 Å². The van der Waals surface area contributed by atoms with Gasteiger partial charge in [0, 0.05) is 29.8 Å². The summed E-state index contributed by atoms with van der Waals surface area (Å²) in [6.07, 6.45) is 4.59. The molecule has 0 spiro atoms. The van der Waals surface area contributed by atoms with Gasteiger partial charge in [-0.3, -0.25) is 9.78 Å². The molecule has 4 nitrogen and oxygen atoms in total. The van der Waals surface area contributed by atoms with Crippen LogP contribution in [0.5, 0.6) is 5.75 Å². The maximum Gasteiger partial charge on any atom is 0.181 e. The van der Waals surface area contributed by atoms with E-state index in [1.807, 2.05) is 41.8 Å². The van der Waals surface area contributed by atoms with Crippen LogP contribution in [0.3, 0.4) is 0 Å². The molecule has 0 radical (unpaired) electrons. The molecular formula is C22H18N2O2S. The summed E-state index contributed by atoms with van der Waals surface area (Å²) in [6, 6.07) is 13.5. The lowest BCUT2D eigenvalue weighted by atomic mass is 10.0. The number of ketones is 1. The fourth-order valence-electron chi connectivity index (χ4n) is 3.11. The Morgan fingerprint density at radius 2 is 2.00 bits per heavy atom. The van der Waals surface area contributed by atoms with E-state index in [1.54, 1.807) is 36.9 Å². The van der Waals surface area contributed by atoms with Crippen molar-refractivity contribution in [3.05, 3.63) is 76.9 Å². The number of hydrogen-bond acceptors (Lipinski definition) is 5. The largest absolute Gasteiger partial charge is 0.496 e. The van der Waals surface area contributed by atoms with Gasteiger partial charge in [0.25, 0.3) is 0 Å². The van der Waals surface area contributed by atoms with Crippen LogP contribution in [0.1, 0.15) is 22.5 Å². The van der Waals surface area contributed by atoms with Crippen molar-refractivity contribution in [2.75, 3.05) is 7.11 Å². The second-order valence-electron chi connectivity index (χ2n) is 6.20. The van der Waals surface area contributed by atoms with Crippen molar-refractivity contribution in [3.8, 4) is 16.9 Å². The molecule has 0 saturated heterocycles.